The highest BCUT2D eigenvalue weighted by atomic mass is 35.5. The van der Waals surface area contributed by atoms with E-state index in [1.807, 2.05) is 38.1 Å². The fourth-order valence-electron chi connectivity index (χ4n) is 1.95. The van der Waals surface area contributed by atoms with Crippen LogP contribution in [0.2, 0.25) is 5.02 Å². The molecule has 116 valence electrons. The number of aryl methyl sites for hydroxylation is 2. The number of rotatable bonds is 5. The summed E-state index contributed by atoms with van der Waals surface area (Å²) in [5.41, 5.74) is 2.76. The standard InChI is InChI=1S/C16H16Cl2N2OS/c1-3-12-5-4-6-14(17)15(12)16(18)19-20-22(21)13-9-7-11(2)8-10-13/h4-10,20H,3H2,1-2H3/b19-16-. The molecule has 6 heteroatoms. The molecule has 0 radical (unpaired) electrons. The van der Waals surface area contributed by atoms with Crippen LogP contribution in [-0.2, 0) is 17.4 Å². The van der Waals surface area contributed by atoms with Crippen LogP contribution < -0.4 is 4.83 Å². The minimum absolute atomic E-state index is 0.197. The summed E-state index contributed by atoms with van der Waals surface area (Å²) in [5, 5.41) is 4.73. The van der Waals surface area contributed by atoms with E-state index in [2.05, 4.69) is 9.93 Å². The summed E-state index contributed by atoms with van der Waals surface area (Å²) in [7, 11) is -1.47. The topological polar surface area (TPSA) is 41.5 Å². The molecule has 2 aromatic rings. The van der Waals surface area contributed by atoms with E-state index in [9.17, 15) is 4.21 Å². The number of hydrazone groups is 1. The third-order valence-electron chi connectivity index (χ3n) is 3.15. The van der Waals surface area contributed by atoms with Gasteiger partial charge >= 0.3 is 0 Å². The van der Waals surface area contributed by atoms with E-state index in [4.69, 9.17) is 23.2 Å². The molecule has 0 bridgehead atoms. The number of hydrogen-bond donors (Lipinski definition) is 1. The number of hydrogen-bond acceptors (Lipinski definition) is 2. The van der Waals surface area contributed by atoms with Gasteiger partial charge in [0.25, 0.3) is 0 Å². The fourth-order valence-corrected chi connectivity index (χ4v) is 3.26. The third-order valence-corrected chi connectivity index (χ3v) is 4.69. The molecule has 2 aromatic carbocycles. The van der Waals surface area contributed by atoms with Crippen molar-refractivity contribution in [3.63, 3.8) is 0 Å². The van der Waals surface area contributed by atoms with E-state index >= 15 is 0 Å². The predicted octanol–water partition coefficient (Wildman–Crippen LogP) is 4.42. The summed E-state index contributed by atoms with van der Waals surface area (Å²) >= 11 is 12.4. The van der Waals surface area contributed by atoms with Gasteiger partial charge in [-0.1, -0.05) is 60.0 Å². The molecule has 22 heavy (non-hydrogen) atoms. The van der Waals surface area contributed by atoms with Gasteiger partial charge in [0.2, 0.25) is 0 Å². The Hall–Kier alpha value is -1.36. The van der Waals surface area contributed by atoms with E-state index in [1.54, 1.807) is 18.2 Å². The van der Waals surface area contributed by atoms with E-state index < -0.39 is 11.0 Å². The first-order chi connectivity index (χ1) is 10.5. The number of nitrogens with one attached hydrogen (secondary N) is 1. The second-order valence-corrected chi connectivity index (χ2v) is 6.66. The normalized spacial score (nSPS) is 13.0. The highest BCUT2D eigenvalue weighted by Gasteiger charge is 2.11. The maximum Gasteiger partial charge on any atom is 0.166 e. The van der Waals surface area contributed by atoms with Crippen molar-refractivity contribution in [1.29, 1.82) is 0 Å². The molecule has 1 N–H and O–H groups in total. The lowest BCUT2D eigenvalue weighted by molar-refractivity contribution is 0.675. The second-order valence-electron chi connectivity index (χ2n) is 4.70. The summed E-state index contributed by atoms with van der Waals surface area (Å²) in [6, 6.07) is 12.9. The molecule has 0 aliphatic carbocycles. The first-order valence-electron chi connectivity index (χ1n) is 6.78. The van der Waals surface area contributed by atoms with Crippen molar-refractivity contribution < 1.29 is 4.21 Å². The highest BCUT2D eigenvalue weighted by molar-refractivity contribution is 7.83. The first-order valence-corrected chi connectivity index (χ1v) is 8.68. The smallest absolute Gasteiger partial charge is 0.166 e. The van der Waals surface area contributed by atoms with Gasteiger partial charge in [0.15, 0.2) is 16.2 Å². The zero-order chi connectivity index (χ0) is 16.1. The average Bonchev–Trinajstić information content (AvgIpc) is 2.52. The van der Waals surface area contributed by atoms with Crippen LogP contribution in [0.3, 0.4) is 0 Å². The molecule has 0 fully saturated rings. The lowest BCUT2D eigenvalue weighted by Crippen LogP contribution is -2.13. The van der Waals surface area contributed by atoms with Crippen molar-refractivity contribution in [2.75, 3.05) is 0 Å². The zero-order valence-corrected chi connectivity index (χ0v) is 14.6. The Kier molecular flexibility index (Phi) is 6.00. The molecule has 0 heterocycles. The number of halogens is 2. The van der Waals surface area contributed by atoms with Gasteiger partial charge in [0.05, 0.1) is 9.92 Å². The summed E-state index contributed by atoms with van der Waals surface area (Å²) in [5.74, 6) is 0. The van der Waals surface area contributed by atoms with Crippen LogP contribution in [0.25, 0.3) is 0 Å². The predicted molar refractivity (Wildman–Crippen MR) is 93.9 cm³/mol. The molecular weight excluding hydrogens is 339 g/mol. The van der Waals surface area contributed by atoms with Gasteiger partial charge in [-0.2, -0.15) is 5.10 Å². The van der Waals surface area contributed by atoms with Crippen molar-refractivity contribution >= 4 is 39.4 Å². The van der Waals surface area contributed by atoms with Gasteiger partial charge in [-0.3, -0.25) is 0 Å². The van der Waals surface area contributed by atoms with Crippen LogP contribution in [0.1, 0.15) is 23.6 Å². The van der Waals surface area contributed by atoms with Gasteiger partial charge in [-0.05, 0) is 37.1 Å². The van der Waals surface area contributed by atoms with Crippen molar-refractivity contribution in [2.24, 2.45) is 5.10 Å². The third kappa shape index (κ3) is 4.09. The number of nitrogens with zero attached hydrogens (tertiary/aromatic N) is 1. The van der Waals surface area contributed by atoms with E-state index in [0.717, 1.165) is 17.5 Å². The van der Waals surface area contributed by atoms with Crippen molar-refractivity contribution in [3.05, 3.63) is 64.2 Å². The summed E-state index contributed by atoms with van der Waals surface area (Å²) in [6.07, 6.45) is 0.780. The monoisotopic (exact) mass is 354 g/mol. The van der Waals surface area contributed by atoms with E-state index in [0.29, 0.717) is 15.5 Å². The quantitative estimate of drug-likeness (QED) is 0.626. The molecule has 2 rings (SSSR count). The van der Waals surface area contributed by atoms with Crippen molar-refractivity contribution in [1.82, 2.24) is 4.83 Å². The molecule has 0 spiro atoms. The molecule has 0 saturated carbocycles. The highest BCUT2D eigenvalue weighted by Crippen LogP contribution is 2.23. The fraction of sp³-hybridized carbons (Fsp3) is 0.188. The Balaban J connectivity index is 2.20. The van der Waals surface area contributed by atoms with E-state index in [-0.39, 0.29) is 5.17 Å². The molecule has 0 amide bonds. The van der Waals surface area contributed by atoms with Crippen molar-refractivity contribution in [2.45, 2.75) is 25.2 Å². The average molecular weight is 355 g/mol. The van der Waals surface area contributed by atoms with Gasteiger partial charge in [0, 0.05) is 5.56 Å². The Bertz CT molecular complexity index is 715. The van der Waals surface area contributed by atoms with E-state index in [1.165, 1.54) is 0 Å². The Labute approximate surface area is 142 Å². The summed E-state index contributed by atoms with van der Waals surface area (Å²) in [4.78, 5) is 3.20. The Morgan fingerprint density at radius 2 is 1.91 bits per heavy atom. The molecular formula is C16H16Cl2N2OS. The minimum atomic E-state index is -1.47. The Morgan fingerprint density at radius 1 is 1.23 bits per heavy atom. The maximum absolute atomic E-state index is 12.1. The minimum Gasteiger partial charge on any atom is -0.230 e. The molecule has 3 nitrogen and oxygen atoms in total. The molecule has 0 aromatic heterocycles. The first kappa shape index (κ1) is 17.0. The van der Waals surface area contributed by atoms with Gasteiger partial charge in [-0.25, -0.2) is 9.04 Å². The van der Waals surface area contributed by atoms with Crippen LogP contribution in [0.5, 0.6) is 0 Å². The lowest BCUT2D eigenvalue weighted by atomic mass is 10.1. The van der Waals surface area contributed by atoms with Crippen molar-refractivity contribution in [3.8, 4) is 0 Å². The van der Waals surface area contributed by atoms with Gasteiger partial charge in [0.1, 0.15) is 0 Å². The maximum atomic E-state index is 12.1. The second kappa shape index (κ2) is 7.77. The lowest BCUT2D eigenvalue weighted by Gasteiger charge is -2.08. The summed E-state index contributed by atoms with van der Waals surface area (Å²) < 4.78 is 12.1. The molecule has 0 aliphatic heterocycles. The van der Waals surface area contributed by atoms with Gasteiger partial charge < -0.3 is 0 Å². The number of benzene rings is 2. The van der Waals surface area contributed by atoms with Crippen LogP contribution in [-0.4, -0.2) is 9.38 Å². The SMILES string of the molecule is CCc1cccc(Cl)c1/C(Cl)=N/NS(=O)c1ccc(C)cc1. The van der Waals surface area contributed by atoms with Crippen LogP contribution >= 0.6 is 23.2 Å². The molecule has 1 atom stereocenters. The molecule has 0 saturated heterocycles. The summed E-state index contributed by atoms with van der Waals surface area (Å²) in [6.45, 7) is 3.98. The Morgan fingerprint density at radius 3 is 2.55 bits per heavy atom. The van der Waals surface area contributed by atoms with Crippen LogP contribution in [0, 0.1) is 6.92 Å². The van der Waals surface area contributed by atoms with Crippen LogP contribution in [0.4, 0.5) is 0 Å². The molecule has 0 aliphatic rings. The largest absolute Gasteiger partial charge is 0.230 e. The van der Waals surface area contributed by atoms with Gasteiger partial charge in [-0.15, -0.1) is 0 Å². The zero-order valence-electron chi connectivity index (χ0n) is 12.3. The molecule has 1 unspecified atom stereocenters. The van der Waals surface area contributed by atoms with Crippen LogP contribution in [0.15, 0.2) is 52.5 Å².